The molecule has 164 valence electrons. The minimum Gasteiger partial charge on any atom is -0.483 e. The SMILES string of the molecule is O=C(c1ccncc1Cl)N1CCCC12CCCN(CCc1ccccc1)C2=O.O=CO. The lowest BCUT2D eigenvalue weighted by atomic mass is 9.85. The number of likely N-dealkylation sites (tertiary alicyclic amines) is 2. The molecule has 1 atom stereocenters. The summed E-state index contributed by atoms with van der Waals surface area (Å²) in [6.45, 7) is 1.78. The second kappa shape index (κ2) is 10.4. The molecule has 31 heavy (non-hydrogen) atoms. The summed E-state index contributed by atoms with van der Waals surface area (Å²) >= 11 is 6.20. The van der Waals surface area contributed by atoms with Crippen molar-refractivity contribution in [3.8, 4) is 0 Å². The van der Waals surface area contributed by atoms with Crippen LogP contribution in [-0.2, 0) is 16.0 Å². The zero-order valence-electron chi connectivity index (χ0n) is 17.2. The summed E-state index contributed by atoms with van der Waals surface area (Å²) in [7, 11) is 0. The molecule has 7 nitrogen and oxygen atoms in total. The van der Waals surface area contributed by atoms with Gasteiger partial charge in [-0.3, -0.25) is 19.4 Å². The third-order valence-electron chi connectivity index (χ3n) is 5.95. The lowest BCUT2D eigenvalue weighted by molar-refractivity contribution is -0.145. The van der Waals surface area contributed by atoms with Crippen molar-refractivity contribution in [2.24, 2.45) is 0 Å². The van der Waals surface area contributed by atoms with Crippen molar-refractivity contribution >= 4 is 29.9 Å². The largest absolute Gasteiger partial charge is 0.483 e. The van der Waals surface area contributed by atoms with Gasteiger partial charge < -0.3 is 14.9 Å². The second-order valence-electron chi connectivity index (χ2n) is 7.68. The summed E-state index contributed by atoms with van der Waals surface area (Å²) in [6, 6.07) is 11.8. The van der Waals surface area contributed by atoms with E-state index in [4.69, 9.17) is 21.5 Å². The molecule has 2 fully saturated rings. The molecule has 2 amide bonds. The monoisotopic (exact) mass is 443 g/mol. The third-order valence-corrected chi connectivity index (χ3v) is 6.25. The van der Waals surface area contributed by atoms with E-state index in [0.717, 1.165) is 38.6 Å². The van der Waals surface area contributed by atoms with Crippen LogP contribution in [0.25, 0.3) is 0 Å². The van der Waals surface area contributed by atoms with E-state index in [0.29, 0.717) is 23.7 Å². The van der Waals surface area contributed by atoms with Crippen LogP contribution < -0.4 is 0 Å². The molecule has 0 radical (unpaired) electrons. The predicted octanol–water partition coefficient (Wildman–Crippen LogP) is 3.28. The fraction of sp³-hybridized carbons (Fsp3) is 0.391. The van der Waals surface area contributed by atoms with Crippen molar-refractivity contribution in [1.29, 1.82) is 0 Å². The first-order valence-corrected chi connectivity index (χ1v) is 10.7. The number of piperidine rings is 1. The van der Waals surface area contributed by atoms with E-state index in [1.165, 1.54) is 11.8 Å². The predicted molar refractivity (Wildman–Crippen MR) is 117 cm³/mol. The van der Waals surface area contributed by atoms with Crippen molar-refractivity contribution in [3.05, 3.63) is 64.9 Å². The maximum Gasteiger partial charge on any atom is 0.290 e. The number of carbonyl (C=O) groups is 3. The molecule has 4 rings (SSSR count). The highest BCUT2D eigenvalue weighted by molar-refractivity contribution is 6.33. The molecule has 2 aliphatic heterocycles. The van der Waals surface area contributed by atoms with Crippen LogP contribution in [0, 0.1) is 0 Å². The summed E-state index contributed by atoms with van der Waals surface area (Å²) < 4.78 is 0. The summed E-state index contributed by atoms with van der Waals surface area (Å²) in [5, 5.41) is 7.22. The van der Waals surface area contributed by atoms with Gasteiger partial charge in [-0.1, -0.05) is 41.9 Å². The maximum absolute atomic E-state index is 13.5. The Kier molecular flexibility index (Phi) is 7.63. The van der Waals surface area contributed by atoms with E-state index >= 15 is 0 Å². The van der Waals surface area contributed by atoms with Gasteiger partial charge in [0.05, 0.1) is 10.6 Å². The van der Waals surface area contributed by atoms with Crippen LogP contribution in [0.5, 0.6) is 0 Å². The first-order valence-electron chi connectivity index (χ1n) is 10.4. The van der Waals surface area contributed by atoms with Crippen LogP contribution in [0.1, 0.15) is 41.6 Å². The van der Waals surface area contributed by atoms with Gasteiger partial charge in [-0.15, -0.1) is 0 Å². The third kappa shape index (κ3) is 4.88. The number of halogens is 1. The number of carboxylic acid groups (broad SMARTS) is 1. The number of hydrogen-bond acceptors (Lipinski definition) is 4. The highest BCUT2D eigenvalue weighted by Crippen LogP contribution is 2.39. The first kappa shape index (κ1) is 22.7. The number of rotatable bonds is 4. The molecular formula is C23H26ClN3O4. The Labute approximate surface area is 186 Å². The van der Waals surface area contributed by atoms with Crippen molar-refractivity contribution in [1.82, 2.24) is 14.8 Å². The maximum atomic E-state index is 13.5. The molecular weight excluding hydrogens is 418 g/mol. The van der Waals surface area contributed by atoms with Crippen LogP contribution in [0.15, 0.2) is 48.8 Å². The average Bonchev–Trinajstić information content (AvgIpc) is 3.20. The van der Waals surface area contributed by atoms with Gasteiger partial charge in [-0.05, 0) is 43.7 Å². The molecule has 1 unspecified atom stereocenters. The van der Waals surface area contributed by atoms with Gasteiger partial charge in [0.25, 0.3) is 12.4 Å². The fourth-order valence-corrected chi connectivity index (χ4v) is 4.74. The topological polar surface area (TPSA) is 90.8 Å². The molecule has 1 aromatic heterocycles. The lowest BCUT2D eigenvalue weighted by Gasteiger charge is -2.44. The molecule has 0 aliphatic carbocycles. The van der Waals surface area contributed by atoms with E-state index in [1.54, 1.807) is 17.2 Å². The van der Waals surface area contributed by atoms with Crippen molar-refractivity contribution in [3.63, 3.8) is 0 Å². The normalized spacial score (nSPS) is 20.4. The fourth-order valence-electron chi connectivity index (χ4n) is 4.54. The molecule has 2 saturated heterocycles. The molecule has 0 saturated carbocycles. The first-order chi connectivity index (χ1) is 15.0. The quantitative estimate of drug-likeness (QED) is 0.732. The van der Waals surface area contributed by atoms with Gasteiger partial charge in [0.1, 0.15) is 5.54 Å². The minimum atomic E-state index is -0.724. The molecule has 8 heteroatoms. The summed E-state index contributed by atoms with van der Waals surface area (Å²) in [5.74, 6) is -0.0751. The summed E-state index contributed by atoms with van der Waals surface area (Å²) in [6.07, 6.45) is 7.07. The van der Waals surface area contributed by atoms with Crippen LogP contribution >= 0.6 is 11.6 Å². The number of amides is 2. The van der Waals surface area contributed by atoms with Crippen LogP contribution in [0.2, 0.25) is 5.02 Å². The zero-order valence-corrected chi connectivity index (χ0v) is 18.0. The van der Waals surface area contributed by atoms with Crippen LogP contribution in [-0.4, -0.2) is 63.4 Å². The molecule has 1 aromatic carbocycles. The minimum absolute atomic E-state index is 0.0886. The lowest BCUT2D eigenvalue weighted by Crippen LogP contribution is -2.61. The standard InChI is InChI=1S/C22H24ClN3O2.CH2O2/c23-19-16-24-12-8-18(19)20(27)26-14-5-11-22(26)10-4-13-25(21(22)28)15-9-17-6-2-1-3-7-17;2-1-3/h1-3,6-8,12,16H,4-5,9-11,13-15H2;1H,(H,2,3). The molecule has 0 bridgehead atoms. The molecule has 2 aliphatic rings. The average molecular weight is 444 g/mol. The van der Waals surface area contributed by atoms with Crippen molar-refractivity contribution in [2.75, 3.05) is 19.6 Å². The van der Waals surface area contributed by atoms with Crippen LogP contribution in [0.3, 0.4) is 0 Å². The van der Waals surface area contributed by atoms with Gasteiger partial charge in [0.15, 0.2) is 0 Å². The zero-order chi connectivity index (χ0) is 22.3. The van der Waals surface area contributed by atoms with Crippen molar-refractivity contribution < 1.29 is 19.5 Å². The Morgan fingerprint density at radius 3 is 2.52 bits per heavy atom. The van der Waals surface area contributed by atoms with E-state index in [9.17, 15) is 9.59 Å². The van der Waals surface area contributed by atoms with Gasteiger partial charge in [0.2, 0.25) is 5.91 Å². The van der Waals surface area contributed by atoms with E-state index in [2.05, 4.69) is 17.1 Å². The van der Waals surface area contributed by atoms with E-state index < -0.39 is 5.54 Å². The number of aromatic nitrogens is 1. The van der Waals surface area contributed by atoms with Gasteiger partial charge in [-0.2, -0.15) is 0 Å². The molecule has 2 aromatic rings. The number of benzene rings is 1. The molecule has 3 heterocycles. The Bertz CT molecular complexity index is 924. The number of hydrogen-bond donors (Lipinski definition) is 1. The smallest absolute Gasteiger partial charge is 0.290 e. The Hall–Kier alpha value is -2.93. The highest BCUT2D eigenvalue weighted by Gasteiger charge is 2.52. The van der Waals surface area contributed by atoms with Gasteiger partial charge in [0, 0.05) is 32.0 Å². The molecule has 1 spiro atoms. The van der Waals surface area contributed by atoms with E-state index in [1.807, 2.05) is 23.1 Å². The number of carbonyl (C=O) groups excluding carboxylic acids is 2. The molecule has 1 N–H and O–H groups in total. The summed E-state index contributed by atoms with van der Waals surface area (Å²) in [4.78, 5) is 42.7. The highest BCUT2D eigenvalue weighted by atomic mass is 35.5. The second-order valence-corrected chi connectivity index (χ2v) is 8.09. The van der Waals surface area contributed by atoms with Gasteiger partial charge >= 0.3 is 0 Å². The summed E-state index contributed by atoms with van der Waals surface area (Å²) in [5.41, 5.74) is 0.920. The number of pyridine rings is 1. The van der Waals surface area contributed by atoms with Crippen LogP contribution in [0.4, 0.5) is 0 Å². The van der Waals surface area contributed by atoms with E-state index in [-0.39, 0.29) is 18.3 Å². The Balaban J connectivity index is 0.000000858. The Morgan fingerprint density at radius 1 is 1.16 bits per heavy atom. The van der Waals surface area contributed by atoms with Gasteiger partial charge in [-0.25, -0.2) is 0 Å². The Morgan fingerprint density at radius 2 is 1.84 bits per heavy atom. The van der Waals surface area contributed by atoms with Crippen molar-refractivity contribution in [2.45, 2.75) is 37.6 Å². The number of nitrogens with zero attached hydrogens (tertiary/aromatic N) is 3.